The Bertz CT molecular complexity index is 551. The Balaban J connectivity index is 2.06. The van der Waals surface area contributed by atoms with Crippen molar-refractivity contribution >= 4 is 10.9 Å². The molecule has 2 nitrogen and oxygen atoms in total. The molecule has 2 unspecified atom stereocenters. The van der Waals surface area contributed by atoms with Gasteiger partial charge in [-0.05, 0) is 48.4 Å². The molecule has 2 atom stereocenters. The molecule has 1 aliphatic rings. The first kappa shape index (κ1) is 10.7. The molecule has 88 valence electrons. The maximum absolute atomic E-state index is 9.73. The molecule has 1 fully saturated rings. The minimum absolute atomic E-state index is 0.128. The van der Waals surface area contributed by atoms with Crippen molar-refractivity contribution < 1.29 is 5.11 Å². The first-order valence-electron chi connectivity index (χ1n) is 6.21. The van der Waals surface area contributed by atoms with Crippen LogP contribution < -0.4 is 0 Å². The molecule has 1 heterocycles. The number of pyridine rings is 1. The summed E-state index contributed by atoms with van der Waals surface area (Å²) < 4.78 is 0. The Morgan fingerprint density at radius 1 is 1.35 bits per heavy atom. The number of nitrogens with zero attached hydrogens (tertiary/aromatic N) is 1. The predicted molar refractivity (Wildman–Crippen MR) is 69.0 cm³/mol. The average molecular weight is 227 g/mol. The number of benzene rings is 1. The number of aliphatic hydroxyl groups is 1. The molecule has 3 rings (SSSR count). The number of fused-ring (bicyclic) bond motifs is 1. The van der Waals surface area contributed by atoms with E-state index in [0.29, 0.717) is 0 Å². The van der Waals surface area contributed by atoms with Crippen LogP contribution in [0.25, 0.3) is 10.9 Å². The van der Waals surface area contributed by atoms with Crippen molar-refractivity contribution in [2.45, 2.75) is 37.7 Å². The van der Waals surface area contributed by atoms with Gasteiger partial charge in [-0.15, -0.1) is 0 Å². The molecule has 17 heavy (non-hydrogen) atoms. The molecule has 0 aliphatic heterocycles. The van der Waals surface area contributed by atoms with Crippen LogP contribution in [0.15, 0.2) is 36.5 Å². The topological polar surface area (TPSA) is 33.1 Å². The summed E-state index contributed by atoms with van der Waals surface area (Å²) in [6, 6.07) is 10.5. The molecule has 1 aromatic carbocycles. The summed E-state index contributed by atoms with van der Waals surface area (Å²) in [5, 5.41) is 10.9. The molecule has 1 N–H and O–H groups in total. The van der Waals surface area contributed by atoms with E-state index in [2.05, 4.69) is 36.2 Å². The van der Waals surface area contributed by atoms with Crippen LogP contribution in [-0.4, -0.2) is 16.2 Å². The third-order valence-electron chi connectivity index (χ3n) is 4.02. The summed E-state index contributed by atoms with van der Waals surface area (Å²) >= 11 is 0. The fourth-order valence-electron chi connectivity index (χ4n) is 2.92. The standard InChI is InChI=1S/C15H17NO/c1-15(7-6-13(17)10-15)12-4-5-14-11(9-12)3-2-8-16-14/h2-5,8-9,13,17H,6-7,10H2,1H3. The summed E-state index contributed by atoms with van der Waals surface area (Å²) in [4.78, 5) is 4.34. The number of hydrogen-bond donors (Lipinski definition) is 1. The van der Waals surface area contributed by atoms with Crippen molar-refractivity contribution in [3.8, 4) is 0 Å². The summed E-state index contributed by atoms with van der Waals surface area (Å²) in [5.74, 6) is 0. The summed E-state index contributed by atoms with van der Waals surface area (Å²) in [6.45, 7) is 2.25. The highest BCUT2D eigenvalue weighted by Gasteiger charge is 2.35. The number of hydrogen-bond acceptors (Lipinski definition) is 2. The molecule has 0 radical (unpaired) electrons. The van der Waals surface area contributed by atoms with E-state index in [1.807, 2.05) is 12.3 Å². The van der Waals surface area contributed by atoms with Gasteiger partial charge >= 0.3 is 0 Å². The predicted octanol–water partition coefficient (Wildman–Crippen LogP) is 3.04. The Morgan fingerprint density at radius 2 is 2.24 bits per heavy atom. The van der Waals surface area contributed by atoms with Gasteiger partial charge < -0.3 is 5.11 Å². The van der Waals surface area contributed by atoms with E-state index in [1.54, 1.807) is 0 Å². The van der Waals surface area contributed by atoms with Crippen LogP contribution in [0.2, 0.25) is 0 Å². The molecule has 0 spiro atoms. The minimum Gasteiger partial charge on any atom is -0.393 e. The average Bonchev–Trinajstić information content (AvgIpc) is 2.70. The lowest BCUT2D eigenvalue weighted by Gasteiger charge is -2.24. The molecule has 1 aliphatic carbocycles. The molecular formula is C15H17NO. The fourth-order valence-corrected chi connectivity index (χ4v) is 2.92. The van der Waals surface area contributed by atoms with Crippen molar-refractivity contribution in [2.75, 3.05) is 0 Å². The Hall–Kier alpha value is -1.41. The second-order valence-corrected chi connectivity index (χ2v) is 5.37. The highest BCUT2D eigenvalue weighted by Crippen LogP contribution is 2.41. The van der Waals surface area contributed by atoms with Gasteiger partial charge in [-0.1, -0.05) is 19.1 Å². The van der Waals surface area contributed by atoms with Crippen LogP contribution in [0.3, 0.4) is 0 Å². The van der Waals surface area contributed by atoms with Gasteiger partial charge in [0.1, 0.15) is 0 Å². The molecule has 2 aromatic rings. The molecule has 0 amide bonds. The summed E-state index contributed by atoms with van der Waals surface area (Å²) in [6.07, 6.45) is 4.55. The van der Waals surface area contributed by atoms with Crippen molar-refractivity contribution in [1.82, 2.24) is 4.98 Å². The summed E-state index contributed by atoms with van der Waals surface area (Å²) in [7, 11) is 0. The van der Waals surface area contributed by atoms with Crippen LogP contribution in [0.1, 0.15) is 31.7 Å². The van der Waals surface area contributed by atoms with Gasteiger partial charge in [-0.2, -0.15) is 0 Å². The van der Waals surface area contributed by atoms with Gasteiger partial charge in [0.05, 0.1) is 11.6 Å². The van der Waals surface area contributed by atoms with Gasteiger partial charge in [0.15, 0.2) is 0 Å². The van der Waals surface area contributed by atoms with Gasteiger partial charge in [-0.25, -0.2) is 0 Å². The van der Waals surface area contributed by atoms with Gasteiger partial charge in [0.2, 0.25) is 0 Å². The second-order valence-electron chi connectivity index (χ2n) is 5.37. The number of aliphatic hydroxyl groups excluding tert-OH is 1. The fraction of sp³-hybridized carbons (Fsp3) is 0.400. The maximum Gasteiger partial charge on any atom is 0.0702 e. The molecule has 1 saturated carbocycles. The van der Waals surface area contributed by atoms with Crippen LogP contribution >= 0.6 is 0 Å². The third-order valence-corrected chi connectivity index (χ3v) is 4.02. The van der Waals surface area contributed by atoms with Crippen LogP contribution in [-0.2, 0) is 5.41 Å². The Kier molecular flexibility index (Phi) is 2.40. The largest absolute Gasteiger partial charge is 0.393 e. The minimum atomic E-state index is -0.135. The van der Waals surface area contributed by atoms with E-state index in [4.69, 9.17) is 0 Å². The van der Waals surface area contributed by atoms with E-state index < -0.39 is 0 Å². The lowest BCUT2D eigenvalue weighted by atomic mass is 9.80. The van der Waals surface area contributed by atoms with E-state index >= 15 is 0 Å². The van der Waals surface area contributed by atoms with Crippen molar-refractivity contribution in [3.63, 3.8) is 0 Å². The zero-order valence-electron chi connectivity index (χ0n) is 10.1. The first-order valence-corrected chi connectivity index (χ1v) is 6.21. The maximum atomic E-state index is 9.73. The summed E-state index contributed by atoms with van der Waals surface area (Å²) in [5.41, 5.74) is 2.50. The van der Waals surface area contributed by atoms with E-state index in [9.17, 15) is 5.11 Å². The van der Waals surface area contributed by atoms with Gasteiger partial charge in [0.25, 0.3) is 0 Å². The van der Waals surface area contributed by atoms with Crippen LogP contribution in [0.5, 0.6) is 0 Å². The van der Waals surface area contributed by atoms with Crippen LogP contribution in [0, 0.1) is 0 Å². The first-order chi connectivity index (χ1) is 8.17. The van der Waals surface area contributed by atoms with E-state index in [-0.39, 0.29) is 11.5 Å². The van der Waals surface area contributed by atoms with E-state index in [0.717, 1.165) is 24.8 Å². The van der Waals surface area contributed by atoms with Crippen molar-refractivity contribution in [1.29, 1.82) is 0 Å². The van der Waals surface area contributed by atoms with Gasteiger partial charge in [-0.3, -0.25) is 4.98 Å². The van der Waals surface area contributed by atoms with Crippen molar-refractivity contribution in [3.05, 3.63) is 42.1 Å². The Labute approximate surface area is 101 Å². The smallest absolute Gasteiger partial charge is 0.0702 e. The zero-order chi connectivity index (χ0) is 11.9. The quantitative estimate of drug-likeness (QED) is 0.812. The number of aromatic nitrogens is 1. The molecule has 2 heteroatoms. The molecule has 0 saturated heterocycles. The second kappa shape index (κ2) is 3.81. The van der Waals surface area contributed by atoms with Crippen LogP contribution in [0.4, 0.5) is 0 Å². The normalized spacial score (nSPS) is 28.7. The van der Waals surface area contributed by atoms with Crippen molar-refractivity contribution in [2.24, 2.45) is 0 Å². The van der Waals surface area contributed by atoms with E-state index in [1.165, 1.54) is 10.9 Å². The highest BCUT2D eigenvalue weighted by molar-refractivity contribution is 5.79. The lowest BCUT2D eigenvalue weighted by molar-refractivity contribution is 0.175. The SMILES string of the molecule is CC1(c2ccc3ncccc3c2)CCC(O)C1. The zero-order valence-corrected chi connectivity index (χ0v) is 10.1. The van der Waals surface area contributed by atoms with Gasteiger partial charge in [0, 0.05) is 11.6 Å². The number of rotatable bonds is 1. The monoisotopic (exact) mass is 227 g/mol. The Morgan fingerprint density at radius 3 is 3.00 bits per heavy atom. The third kappa shape index (κ3) is 1.83. The molecule has 1 aromatic heterocycles. The highest BCUT2D eigenvalue weighted by atomic mass is 16.3. The molecule has 0 bridgehead atoms. The lowest BCUT2D eigenvalue weighted by Crippen LogP contribution is -2.18. The molecular weight excluding hydrogens is 210 g/mol.